The summed E-state index contributed by atoms with van der Waals surface area (Å²) in [6.45, 7) is 5.27. The second-order valence-corrected chi connectivity index (χ2v) is 8.96. The van der Waals surface area contributed by atoms with E-state index >= 15 is 0 Å². The Morgan fingerprint density at radius 1 is 1.15 bits per heavy atom. The fraction of sp³-hybridized carbons (Fsp3) is 0.370. The minimum Gasteiger partial charge on any atom is -0.384 e. The number of aromatic nitrogens is 1. The lowest BCUT2D eigenvalue weighted by atomic mass is 9.95. The van der Waals surface area contributed by atoms with Gasteiger partial charge in [-0.3, -0.25) is 9.59 Å². The number of carbonyl (C=O) groups is 2. The van der Waals surface area contributed by atoms with Gasteiger partial charge in [0.25, 0.3) is 0 Å². The first kappa shape index (κ1) is 22.8. The molecule has 1 saturated heterocycles. The van der Waals surface area contributed by atoms with Gasteiger partial charge in [0.15, 0.2) is 5.78 Å². The number of nitrogens with one attached hydrogen (secondary N) is 1. The zero-order valence-corrected chi connectivity index (χ0v) is 19.4. The predicted octanol–water partition coefficient (Wildman–Crippen LogP) is 4.05. The van der Waals surface area contributed by atoms with E-state index in [1.807, 2.05) is 19.1 Å². The third-order valence-corrected chi connectivity index (χ3v) is 6.60. The van der Waals surface area contributed by atoms with Gasteiger partial charge in [0.05, 0.1) is 12.0 Å². The minimum absolute atomic E-state index is 0.0290. The summed E-state index contributed by atoms with van der Waals surface area (Å²) >= 11 is 0. The molecule has 6 nitrogen and oxygen atoms in total. The number of Topliss-reactive ketones (excluding diaryl/α,β-unsaturated/α-hetero) is 1. The second kappa shape index (κ2) is 10.0. The van der Waals surface area contributed by atoms with Crippen molar-refractivity contribution < 1.29 is 9.59 Å². The molecule has 0 aliphatic carbocycles. The highest BCUT2D eigenvalue weighted by Crippen LogP contribution is 2.30. The topological polar surface area (TPSA) is 88.3 Å². The van der Waals surface area contributed by atoms with E-state index in [0.717, 1.165) is 30.6 Å². The van der Waals surface area contributed by atoms with E-state index in [0.29, 0.717) is 25.2 Å². The molecular formula is C27H32N4O2. The SMILES string of the molecule is Cc1nc(N)ccc1CCC(=O)[C@H](C)NC(=O)[C@@H]1CCCN(c2cccc3ccccc23)C1. The summed E-state index contributed by atoms with van der Waals surface area (Å²) in [7, 11) is 0. The largest absolute Gasteiger partial charge is 0.384 e. The van der Waals surface area contributed by atoms with Crippen LogP contribution in [0.2, 0.25) is 0 Å². The van der Waals surface area contributed by atoms with Crippen LogP contribution in [-0.2, 0) is 16.0 Å². The maximum absolute atomic E-state index is 13.0. The molecule has 33 heavy (non-hydrogen) atoms. The summed E-state index contributed by atoms with van der Waals surface area (Å²) in [4.78, 5) is 32.2. The first-order chi connectivity index (χ1) is 15.9. The molecular weight excluding hydrogens is 412 g/mol. The van der Waals surface area contributed by atoms with Gasteiger partial charge in [0.1, 0.15) is 5.82 Å². The summed E-state index contributed by atoms with van der Waals surface area (Å²) in [5.74, 6) is 0.345. The van der Waals surface area contributed by atoms with Crippen LogP contribution in [0.4, 0.5) is 11.5 Å². The number of piperidine rings is 1. The average Bonchev–Trinajstić information content (AvgIpc) is 2.83. The summed E-state index contributed by atoms with van der Waals surface area (Å²) < 4.78 is 0. The molecule has 0 bridgehead atoms. The summed E-state index contributed by atoms with van der Waals surface area (Å²) in [5, 5.41) is 5.37. The Bertz CT molecular complexity index is 1150. The van der Waals surface area contributed by atoms with E-state index in [1.54, 1.807) is 13.0 Å². The molecule has 1 aromatic heterocycles. The maximum atomic E-state index is 13.0. The highest BCUT2D eigenvalue weighted by Gasteiger charge is 2.28. The Hall–Kier alpha value is -3.41. The van der Waals surface area contributed by atoms with Crippen LogP contribution < -0.4 is 16.0 Å². The molecule has 172 valence electrons. The lowest BCUT2D eigenvalue weighted by Crippen LogP contribution is -2.47. The van der Waals surface area contributed by atoms with Crippen molar-refractivity contribution in [3.05, 3.63) is 65.9 Å². The number of fused-ring (bicyclic) bond motifs is 1. The van der Waals surface area contributed by atoms with Gasteiger partial charge < -0.3 is 16.0 Å². The number of amides is 1. The molecule has 1 fully saturated rings. The molecule has 2 aromatic carbocycles. The minimum atomic E-state index is -0.507. The molecule has 0 radical (unpaired) electrons. The van der Waals surface area contributed by atoms with Crippen LogP contribution in [0, 0.1) is 12.8 Å². The Morgan fingerprint density at radius 3 is 2.76 bits per heavy atom. The van der Waals surface area contributed by atoms with Crippen LogP contribution in [0.3, 0.4) is 0 Å². The van der Waals surface area contributed by atoms with Crippen LogP contribution in [0.1, 0.15) is 37.4 Å². The number of rotatable bonds is 7. The van der Waals surface area contributed by atoms with E-state index < -0.39 is 6.04 Å². The number of hydrogen-bond acceptors (Lipinski definition) is 5. The van der Waals surface area contributed by atoms with Gasteiger partial charge in [0, 0.05) is 36.3 Å². The Kier molecular flexibility index (Phi) is 6.92. The van der Waals surface area contributed by atoms with Crippen LogP contribution in [-0.4, -0.2) is 35.8 Å². The molecule has 3 aromatic rings. The number of anilines is 2. The van der Waals surface area contributed by atoms with Crippen molar-refractivity contribution in [1.82, 2.24) is 10.3 Å². The van der Waals surface area contributed by atoms with Crippen LogP contribution in [0.5, 0.6) is 0 Å². The third-order valence-electron chi connectivity index (χ3n) is 6.60. The van der Waals surface area contributed by atoms with E-state index in [4.69, 9.17) is 5.73 Å². The number of ketones is 1. The van der Waals surface area contributed by atoms with Crippen LogP contribution in [0.25, 0.3) is 10.8 Å². The fourth-order valence-corrected chi connectivity index (χ4v) is 4.65. The molecule has 0 saturated carbocycles. The molecule has 1 aliphatic heterocycles. The number of nitrogens with two attached hydrogens (primary N) is 1. The number of nitrogen functional groups attached to an aromatic ring is 1. The first-order valence-electron chi connectivity index (χ1n) is 11.7. The number of nitrogens with zero attached hydrogens (tertiary/aromatic N) is 2. The smallest absolute Gasteiger partial charge is 0.225 e. The summed E-state index contributed by atoms with van der Waals surface area (Å²) in [5.41, 5.74) is 8.72. The van der Waals surface area contributed by atoms with Crippen molar-refractivity contribution in [2.24, 2.45) is 5.92 Å². The Morgan fingerprint density at radius 2 is 1.94 bits per heavy atom. The predicted molar refractivity (Wildman–Crippen MR) is 133 cm³/mol. The van der Waals surface area contributed by atoms with Gasteiger partial charge in [-0.05, 0) is 56.2 Å². The lowest BCUT2D eigenvalue weighted by Gasteiger charge is -2.34. The molecule has 1 aliphatic rings. The van der Waals surface area contributed by atoms with E-state index in [2.05, 4.69) is 51.6 Å². The zero-order chi connectivity index (χ0) is 23.4. The standard InChI is InChI=1S/C27H32N4O2/c1-18-20(13-15-26(28)29-18)12-14-25(32)19(2)30-27(33)22-9-6-16-31(17-22)24-11-5-8-21-7-3-4-10-23(21)24/h3-5,7-8,10-11,13,15,19,22H,6,9,12,14,16-17H2,1-2H3,(H2,28,29)(H,30,33)/t19-,22+/m0/s1. The number of carbonyl (C=O) groups excluding carboxylic acids is 2. The van der Waals surface area contributed by atoms with Crippen molar-refractivity contribution in [3.63, 3.8) is 0 Å². The van der Waals surface area contributed by atoms with Crippen molar-refractivity contribution in [2.75, 3.05) is 23.7 Å². The maximum Gasteiger partial charge on any atom is 0.225 e. The molecule has 2 atom stereocenters. The van der Waals surface area contributed by atoms with Crippen molar-refractivity contribution in [2.45, 2.75) is 45.6 Å². The molecule has 0 spiro atoms. The highest BCUT2D eigenvalue weighted by molar-refractivity contribution is 5.95. The molecule has 2 heterocycles. The summed E-state index contributed by atoms with van der Waals surface area (Å²) in [6, 6.07) is 17.8. The first-order valence-corrected chi connectivity index (χ1v) is 11.7. The number of pyridine rings is 1. The van der Waals surface area contributed by atoms with Crippen molar-refractivity contribution >= 4 is 34.0 Å². The number of aryl methyl sites for hydroxylation is 2. The monoisotopic (exact) mass is 444 g/mol. The summed E-state index contributed by atoms with van der Waals surface area (Å²) in [6.07, 6.45) is 2.74. The van der Waals surface area contributed by atoms with Gasteiger partial charge in [-0.1, -0.05) is 42.5 Å². The van der Waals surface area contributed by atoms with Crippen LogP contribution >= 0.6 is 0 Å². The Labute approximate surface area is 195 Å². The lowest BCUT2D eigenvalue weighted by molar-refractivity contribution is -0.130. The normalized spacial score (nSPS) is 17.0. The molecule has 6 heteroatoms. The van der Waals surface area contributed by atoms with Gasteiger partial charge in [0.2, 0.25) is 5.91 Å². The fourth-order valence-electron chi connectivity index (χ4n) is 4.65. The van der Waals surface area contributed by atoms with Crippen molar-refractivity contribution in [1.29, 1.82) is 0 Å². The van der Waals surface area contributed by atoms with E-state index in [9.17, 15) is 9.59 Å². The van der Waals surface area contributed by atoms with E-state index in [-0.39, 0.29) is 17.6 Å². The quantitative estimate of drug-likeness (QED) is 0.574. The molecule has 3 N–H and O–H groups in total. The van der Waals surface area contributed by atoms with Crippen LogP contribution in [0.15, 0.2) is 54.6 Å². The van der Waals surface area contributed by atoms with Gasteiger partial charge in [-0.15, -0.1) is 0 Å². The zero-order valence-electron chi connectivity index (χ0n) is 19.4. The number of benzene rings is 2. The van der Waals surface area contributed by atoms with Gasteiger partial charge in [-0.25, -0.2) is 4.98 Å². The van der Waals surface area contributed by atoms with Gasteiger partial charge >= 0.3 is 0 Å². The Balaban J connectivity index is 1.35. The number of hydrogen-bond donors (Lipinski definition) is 2. The van der Waals surface area contributed by atoms with Crippen molar-refractivity contribution in [3.8, 4) is 0 Å². The molecule has 1 amide bonds. The second-order valence-electron chi connectivity index (χ2n) is 8.96. The average molecular weight is 445 g/mol. The third kappa shape index (κ3) is 5.33. The van der Waals surface area contributed by atoms with Gasteiger partial charge in [-0.2, -0.15) is 0 Å². The highest BCUT2D eigenvalue weighted by atomic mass is 16.2. The molecule has 0 unspecified atom stereocenters. The molecule has 4 rings (SSSR count). The van der Waals surface area contributed by atoms with E-state index in [1.165, 1.54) is 16.5 Å².